The van der Waals surface area contributed by atoms with Crippen LogP contribution in [0, 0.1) is 0 Å². The topological polar surface area (TPSA) is 79.5 Å². The number of rotatable bonds is 3. The van der Waals surface area contributed by atoms with Crippen LogP contribution in [0.25, 0.3) is 0 Å². The molecule has 0 fully saturated rings. The van der Waals surface area contributed by atoms with Crippen LogP contribution < -0.4 is 5.32 Å². The van der Waals surface area contributed by atoms with Crippen molar-refractivity contribution in [1.29, 1.82) is 0 Å². The summed E-state index contributed by atoms with van der Waals surface area (Å²) in [4.78, 5) is 21.7. The maximum Gasteiger partial charge on any atom is 0.312 e. The molecular formula is C11H13NO4. The Bertz CT molecular complexity index is 410. The second-order valence-electron chi connectivity index (χ2n) is 3.88. The van der Waals surface area contributed by atoms with Crippen LogP contribution in [0.4, 0.5) is 0 Å². The molecule has 5 nitrogen and oxygen atoms in total. The van der Waals surface area contributed by atoms with Gasteiger partial charge in [0.25, 0.3) is 0 Å². The van der Waals surface area contributed by atoms with E-state index >= 15 is 0 Å². The number of fused-ring (bicyclic) bond motifs is 1. The summed E-state index contributed by atoms with van der Waals surface area (Å²) >= 11 is 0. The molecule has 1 heterocycles. The van der Waals surface area contributed by atoms with E-state index < -0.39 is 18.3 Å². The van der Waals surface area contributed by atoms with E-state index in [1.165, 1.54) is 0 Å². The molecule has 2 rings (SSSR count). The Morgan fingerprint density at radius 2 is 2.38 bits per heavy atom. The molecule has 0 aliphatic heterocycles. The number of nitrogens with one attached hydrogen (secondary N) is 1. The molecule has 1 aliphatic carbocycles. The van der Waals surface area contributed by atoms with Crippen molar-refractivity contribution < 1.29 is 19.1 Å². The Balaban J connectivity index is 2.02. The number of aryl methyl sites for hydroxylation is 1. The summed E-state index contributed by atoms with van der Waals surface area (Å²) in [5, 5.41) is 11.2. The fourth-order valence-electron chi connectivity index (χ4n) is 2.02. The van der Waals surface area contributed by atoms with Gasteiger partial charge in [-0.1, -0.05) is 0 Å². The number of hydrogen-bond donors (Lipinski definition) is 2. The number of carboxylic acid groups (broad SMARTS) is 1. The molecule has 0 saturated carbocycles. The van der Waals surface area contributed by atoms with Crippen LogP contribution in [0.15, 0.2) is 16.7 Å². The van der Waals surface area contributed by atoms with Crippen molar-refractivity contribution >= 4 is 11.9 Å². The Kier molecular flexibility index (Phi) is 2.94. The molecule has 2 N–H and O–H groups in total. The lowest BCUT2D eigenvalue weighted by atomic mass is 9.93. The van der Waals surface area contributed by atoms with E-state index in [2.05, 4.69) is 5.32 Å². The van der Waals surface area contributed by atoms with Crippen molar-refractivity contribution in [2.24, 2.45) is 0 Å². The number of amides is 1. The second kappa shape index (κ2) is 4.38. The zero-order valence-electron chi connectivity index (χ0n) is 8.73. The monoisotopic (exact) mass is 223 g/mol. The minimum absolute atomic E-state index is 0.102. The van der Waals surface area contributed by atoms with Crippen molar-refractivity contribution in [2.45, 2.75) is 31.7 Å². The average molecular weight is 223 g/mol. The quantitative estimate of drug-likeness (QED) is 0.756. The van der Waals surface area contributed by atoms with E-state index in [9.17, 15) is 9.59 Å². The van der Waals surface area contributed by atoms with E-state index in [-0.39, 0.29) is 6.04 Å². The molecule has 86 valence electrons. The number of hydrogen-bond acceptors (Lipinski definition) is 3. The average Bonchev–Trinajstić information content (AvgIpc) is 2.65. The Labute approximate surface area is 92.4 Å². The van der Waals surface area contributed by atoms with Gasteiger partial charge in [0.2, 0.25) is 5.91 Å². The van der Waals surface area contributed by atoms with Gasteiger partial charge in [-0.15, -0.1) is 0 Å². The van der Waals surface area contributed by atoms with E-state index in [4.69, 9.17) is 9.52 Å². The van der Waals surface area contributed by atoms with Gasteiger partial charge in [-0.2, -0.15) is 0 Å². The largest absolute Gasteiger partial charge is 0.481 e. The summed E-state index contributed by atoms with van der Waals surface area (Å²) in [5.74, 6) is -0.667. The third kappa shape index (κ3) is 2.24. The van der Waals surface area contributed by atoms with Gasteiger partial charge < -0.3 is 14.8 Å². The molecule has 1 aromatic rings. The molecule has 0 radical (unpaired) electrons. The molecule has 1 amide bonds. The molecule has 0 bridgehead atoms. The van der Waals surface area contributed by atoms with Gasteiger partial charge in [0.15, 0.2) is 0 Å². The predicted molar refractivity (Wildman–Crippen MR) is 54.8 cm³/mol. The first-order valence-electron chi connectivity index (χ1n) is 5.24. The highest BCUT2D eigenvalue weighted by Gasteiger charge is 2.24. The maximum absolute atomic E-state index is 11.3. The van der Waals surface area contributed by atoms with Crippen LogP contribution in [0.5, 0.6) is 0 Å². The molecule has 0 spiro atoms. The van der Waals surface area contributed by atoms with Gasteiger partial charge in [-0.25, -0.2) is 0 Å². The van der Waals surface area contributed by atoms with Crippen LogP contribution in [0.1, 0.15) is 36.6 Å². The minimum Gasteiger partial charge on any atom is -0.481 e. The number of carbonyl (C=O) groups excluding carboxylic acids is 1. The fourth-order valence-corrected chi connectivity index (χ4v) is 2.02. The molecule has 0 aromatic carbocycles. The first-order valence-corrected chi connectivity index (χ1v) is 5.24. The maximum atomic E-state index is 11.3. The predicted octanol–water partition coefficient (Wildman–Crippen LogP) is 1.25. The number of aliphatic carboxylic acids is 1. The highest BCUT2D eigenvalue weighted by molar-refractivity contribution is 5.93. The van der Waals surface area contributed by atoms with Crippen molar-refractivity contribution in [3.05, 3.63) is 23.7 Å². The summed E-state index contributed by atoms with van der Waals surface area (Å²) in [6.07, 6.45) is 3.78. The van der Waals surface area contributed by atoms with Crippen LogP contribution >= 0.6 is 0 Å². The van der Waals surface area contributed by atoms with Gasteiger partial charge in [-0.05, 0) is 18.9 Å². The van der Waals surface area contributed by atoms with Gasteiger partial charge in [0, 0.05) is 12.0 Å². The lowest BCUT2D eigenvalue weighted by molar-refractivity contribution is -0.140. The van der Waals surface area contributed by atoms with E-state index in [1.807, 2.05) is 6.07 Å². The fraction of sp³-hybridized carbons (Fsp3) is 0.455. The van der Waals surface area contributed by atoms with Crippen molar-refractivity contribution in [1.82, 2.24) is 5.32 Å². The SMILES string of the molecule is O=C(O)CC(=O)NC1CCCc2occc21. The van der Waals surface area contributed by atoms with E-state index in [0.717, 1.165) is 30.6 Å². The summed E-state index contributed by atoms with van der Waals surface area (Å²) in [6.45, 7) is 0. The van der Waals surface area contributed by atoms with Crippen LogP contribution in [0.2, 0.25) is 0 Å². The van der Waals surface area contributed by atoms with E-state index in [1.54, 1.807) is 6.26 Å². The third-order valence-corrected chi connectivity index (χ3v) is 2.70. The Morgan fingerprint density at radius 1 is 1.56 bits per heavy atom. The number of carboxylic acids is 1. The third-order valence-electron chi connectivity index (χ3n) is 2.70. The zero-order chi connectivity index (χ0) is 11.5. The smallest absolute Gasteiger partial charge is 0.312 e. The molecule has 1 aliphatic rings. The molecule has 1 unspecified atom stereocenters. The van der Waals surface area contributed by atoms with Crippen LogP contribution in [-0.4, -0.2) is 17.0 Å². The first-order chi connectivity index (χ1) is 7.66. The van der Waals surface area contributed by atoms with Crippen molar-refractivity contribution in [2.75, 3.05) is 0 Å². The normalized spacial score (nSPS) is 18.9. The van der Waals surface area contributed by atoms with Crippen molar-refractivity contribution in [3.8, 4) is 0 Å². The summed E-state index contributed by atoms with van der Waals surface area (Å²) in [6, 6.07) is 1.73. The molecular weight excluding hydrogens is 210 g/mol. The van der Waals surface area contributed by atoms with Gasteiger partial charge in [0.05, 0.1) is 12.3 Å². The molecule has 16 heavy (non-hydrogen) atoms. The minimum atomic E-state index is -1.11. The lowest BCUT2D eigenvalue weighted by Gasteiger charge is -2.22. The summed E-state index contributed by atoms with van der Waals surface area (Å²) < 4.78 is 5.28. The van der Waals surface area contributed by atoms with Gasteiger partial charge >= 0.3 is 5.97 Å². The van der Waals surface area contributed by atoms with Crippen LogP contribution in [0.3, 0.4) is 0 Å². The Morgan fingerprint density at radius 3 is 3.12 bits per heavy atom. The summed E-state index contributed by atoms with van der Waals surface area (Å²) in [7, 11) is 0. The first kappa shape index (κ1) is 10.7. The van der Waals surface area contributed by atoms with Crippen molar-refractivity contribution in [3.63, 3.8) is 0 Å². The van der Waals surface area contributed by atoms with E-state index in [0.29, 0.717) is 0 Å². The number of furan rings is 1. The highest BCUT2D eigenvalue weighted by atomic mass is 16.4. The standard InChI is InChI=1S/C11H13NO4/c13-10(6-11(14)15)12-8-2-1-3-9-7(8)4-5-16-9/h4-5,8H,1-3,6H2,(H,12,13)(H,14,15). The Hall–Kier alpha value is -1.78. The zero-order valence-corrected chi connectivity index (χ0v) is 8.73. The lowest BCUT2D eigenvalue weighted by Crippen LogP contribution is -2.31. The summed E-state index contributed by atoms with van der Waals surface area (Å²) in [5.41, 5.74) is 0.977. The van der Waals surface area contributed by atoms with Gasteiger partial charge in [0.1, 0.15) is 12.2 Å². The molecule has 5 heteroatoms. The number of carbonyl (C=O) groups is 2. The van der Waals surface area contributed by atoms with Crippen LogP contribution in [-0.2, 0) is 16.0 Å². The second-order valence-corrected chi connectivity index (χ2v) is 3.88. The molecule has 1 aromatic heterocycles. The molecule has 1 atom stereocenters. The van der Waals surface area contributed by atoms with Gasteiger partial charge in [-0.3, -0.25) is 9.59 Å². The molecule has 0 saturated heterocycles. The highest BCUT2D eigenvalue weighted by Crippen LogP contribution is 2.30.